The van der Waals surface area contributed by atoms with Gasteiger partial charge >= 0.3 is 12.1 Å². The molecule has 1 aliphatic carbocycles. The van der Waals surface area contributed by atoms with Crippen LogP contribution in [0.3, 0.4) is 0 Å². The fraction of sp³-hybridized carbons (Fsp3) is 0.571. The van der Waals surface area contributed by atoms with E-state index in [0.29, 0.717) is 12.6 Å². The summed E-state index contributed by atoms with van der Waals surface area (Å²) in [7, 11) is 0. The number of rotatable bonds is 4. The van der Waals surface area contributed by atoms with Gasteiger partial charge in [-0.25, -0.2) is 9.78 Å². The number of nitrogens with zero attached hydrogens (tertiary/aromatic N) is 1. The zero-order valence-electron chi connectivity index (χ0n) is 11.6. The van der Waals surface area contributed by atoms with Crippen LogP contribution in [0.2, 0.25) is 0 Å². The molecule has 0 unspecified atom stereocenters. The third kappa shape index (κ3) is 3.65. The molecule has 1 aromatic rings. The Morgan fingerprint density at radius 2 is 2.00 bits per heavy atom. The van der Waals surface area contributed by atoms with Crippen LogP contribution in [0.1, 0.15) is 48.7 Å². The number of anilines is 1. The second kappa shape index (κ2) is 5.54. The summed E-state index contributed by atoms with van der Waals surface area (Å²) in [4.78, 5) is 14.5. The normalized spacial score (nSPS) is 17.7. The SMILES string of the molecule is CC1(CNc2nc(C(F)(F)F)ccc2C(=O)O)CCCC1. The van der Waals surface area contributed by atoms with E-state index in [-0.39, 0.29) is 16.8 Å². The van der Waals surface area contributed by atoms with Crippen LogP contribution in [0.15, 0.2) is 12.1 Å². The fourth-order valence-corrected chi connectivity index (χ4v) is 2.63. The molecular weight excluding hydrogens is 285 g/mol. The van der Waals surface area contributed by atoms with Crippen LogP contribution in [0, 0.1) is 5.41 Å². The first-order chi connectivity index (χ1) is 9.71. The summed E-state index contributed by atoms with van der Waals surface area (Å²) in [6.07, 6.45) is -0.479. The number of carboxylic acid groups (broad SMARTS) is 1. The molecule has 1 heterocycles. The number of nitrogens with one attached hydrogen (secondary N) is 1. The molecule has 0 radical (unpaired) electrons. The van der Waals surface area contributed by atoms with Crippen molar-refractivity contribution in [3.63, 3.8) is 0 Å². The lowest BCUT2D eigenvalue weighted by atomic mass is 9.89. The molecule has 0 saturated heterocycles. The van der Waals surface area contributed by atoms with Crippen molar-refractivity contribution in [2.75, 3.05) is 11.9 Å². The van der Waals surface area contributed by atoms with Crippen LogP contribution < -0.4 is 5.32 Å². The molecule has 0 atom stereocenters. The largest absolute Gasteiger partial charge is 0.478 e. The topological polar surface area (TPSA) is 62.2 Å². The van der Waals surface area contributed by atoms with Crippen molar-refractivity contribution in [3.8, 4) is 0 Å². The van der Waals surface area contributed by atoms with Crippen LogP contribution in [-0.4, -0.2) is 22.6 Å². The van der Waals surface area contributed by atoms with Crippen molar-refractivity contribution >= 4 is 11.8 Å². The summed E-state index contributed by atoms with van der Waals surface area (Å²) in [5.74, 6) is -1.51. The van der Waals surface area contributed by atoms with Crippen molar-refractivity contribution < 1.29 is 23.1 Å². The second-order valence-electron chi connectivity index (χ2n) is 5.77. The van der Waals surface area contributed by atoms with Gasteiger partial charge in [0.2, 0.25) is 0 Å². The molecule has 4 nitrogen and oxygen atoms in total. The van der Waals surface area contributed by atoms with Crippen molar-refractivity contribution in [2.45, 2.75) is 38.8 Å². The molecule has 21 heavy (non-hydrogen) atoms. The lowest BCUT2D eigenvalue weighted by Gasteiger charge is -2.24. The van der Waals surface area contributed by atoms with Gasteiger partial charge in [0.25, 0.3) is 0 Å². The summed E-state index contributed by atoms with van der Waals surface area (Å²) in [5.41, 5.74) is -1.36. The second-order valence-corrected chi connectivity index (χ2v) is 5.77. The fourth-order valence-electron chi connectivity index (χ4n) is 2.63. The summed E-state index contributed by atoms with van der Waals surface area (Å²) in [6.45, 7) is 2.46. The maximum Gasteiger partial charge on any atom is 0.433 e. The Morgan fingerprint density at radius 3 is 2.52 bits per heavy atom. The van der Waals surface area contributed by atoms with E-state index in [2.05, 4.69) is 10.3 Å². The van der Waals surface area contributed by atoms with E-state index in [1.165, 1.54) is 0 Å². The number of carbonyl (C=O) groups is 1. The van der Waals surface area contributed by atoms with Crippen LogP contribution >= 0.6 is 0 Å². The number of carboxylic acids is 1. The third-order valence-electron chi connectivity index (χ3n) is 3.91. The maximum absolute atomic E-state index is 12.7. The van der Waals surface area contributed by atoms with Crippen molar-refractivity contribution in [2.24, 2.45) is 5.41 Å². The standard InChI is InChI=1S/C14H17F3N2O2/c1-13(6-2-3-7-13)8-18-11-9(12(20)21)4-5-10(19-11)14(15,16)17/h4-5H,2-3,6-8H2,1H3,(H,18,19)(H,20,21). The monoisotopic (exact) mass is 302 g/mol. The Bertz CT molecular complexity index is 538. The lowest BCUT2D eigenvalue weighted by molar-refractivity contribution is -0.141. The average molecular weight is 302 g/mol. The molecule has 1 aliphatic rings. The number of pyridine rings is 1. The number of alkyl halides is 3. The quantitative estimate of drug-likeness (QED) is 0.888. The van der Waals surface area contributed by atoms with E-state index < -0.39 is 17.8 Å². The number of halogens is 3. The van der Waals surface area contributed by atoms with E-state index in [1.807, 2.05) is 6.92 Å². The first-order valence-electron chi connectivity index (χ1n) is 6.77. The van der Waals surface area contributed by atoms with E-state index in [4.69, 9.17) is 5.11 Å². The van der Waals surface area contributed by atoms with Gasteiger partial charge in [-0.3, -0.25) is 0 Å². The molecule has 1 aromatic heterocycles. The van der Waals surface area contributed by atoms with Gasteiger partial charge in [-0.15, -0.1) is 0 Å². The van der Waals surface area contributed by atoms with Gasteiger partial charge in [0.1, 0.15) is 17.1 Å². The number of hydrogen-bond acceptors (Lipinski definition) is 3. The summed E-state index contributed by atoms with van der Waals surface area (Å²) >= 11 is 0. The van der Waals surface area contributed by atoms with Crippen LogP contribution in [0.25, 0.3) is 0 Å². The van der Waals surface area contributed by atoms with Gasteiger partial charge < -0.3 is 10.4 Å². The summed E-state index contributed by atoms with van der Waals surface area (Å²) in [5, 5.41) is 11.9. The molecule has 2 rings (SSSR count). The minimum atomic E-state index is -4.59. The first-order valence-corrected chi connectivity index (χ1v) is 6.77. The first kappa shape index (κ1) is 15.6. The van der Waals surface area contributed by atoms with E-state index >= 15 is 0 Å². The molecule has 116 valence electrons. The summed E-state index contributed by atoms with van der Waals surface area (Å²) < 4.78 is 38.0. The highest BCUT2D eigenvalue weighted by Gasteiger charge is 2.34. The number of aromatic carboxylic acids is 1. The zero-order chi connectivity index (χ0) is 15.7. The number of aromatic nitrogens is 1. The highest BCUT2D eigenvalue weighted by Crippen LogP contribution is 2.38. The zero-order valence-corrected chi connectivity index (χ0v) is 11.6. The van der Waals surface area contributed by atoms with E-state index in [1.54, 1.807) is 0 Å². The minimum Gasteiger partial charge on any atom is -0.478 e. The van der Waals surface area contributed by atoms with Gasteiger partial charge in [-0.2, -0.15) is 13.2 Å². The Balaban J connectivity index is 2.24. The van der Waals surface area contributed by atoms with E-state index in [9.17, 15) is 18.0 Å². The Kier molecular flexibility index (Phi) is 4.11. The highest BCUT2D eigenvalue weighted by molar-refractivity contribution is 5.93. The summed E-state index contributed by atoms with van der Waals surface area (Å²) in [6, 6.07) is 1.63. The molecule has 0 spiro atoms. The molecule has 2 N–H and O–H groups in total. The maximum atomic E-state index is 12.7. The molecule has 0 aromatic carbocycles. The number of hydrogen-bond donors (Lipinski definition) is 2. The van der Waals surface area contributed by atoms with Gasteiger partial charge in [-0.05, 0) is 30.4 Å². The molecule has 7 heteroatoms. The van der Waals surface area contributed by atoms with Gasteiger partial charge in [0, 0.05) is 6.54 Å². The average Bonchev–Trinajstić information content (AvgIpc) is 2.82. The predicted molar refractivity (Wildman–Crippen MR) is 71.3 cm³/mol. The Morgan fingerprint density at radius 1 is 1.38 bits per heavy atom. The van der Waals surface area contributed by atoms with Crippen molar-refractivity contribution in [3.05, 3.63) is 23.4 Å². The third-order valence-corrected chi connectivity index (χ3v) is 3.91. The predicted octanol–water partition coefficient (Wildman–Crippen LogP) is 3.79. The molecule has 0 aliphatic heterocycles. The molecule has 0 bridgehead atoms. The van der Waals surface area contributed by atoms with E-state index in [0.717, 1.165) is 31.7 Å². The molecular formula is C14H17F3N2O2. The van der Waals surface area contributed by atoms with Crippen LogP contribution in [0.5, 0.6) is 0 Å². The molecule has 1 fully saturated rings. The van der Waals surface area contributed by atoms with Gasteiger partial charge in [0.15, 0.2) is 0 Å². The molecule has 1 saturated carbocycles. The van der Waals surface area contributed by atoms with Gasteiger partial charge in [-0.1, -0.05) is 19.8 Å². The minimum absolute atomic E-state index is 0.0221. The van der Waals surface area contributed by atoms with Crippen LogP contribution in [0.4, 0.5) is 19.0 Å². The highest BCUT2D eigenvalue weighted by atomic mass is 19.4. The Hall–Kier alpha value is -1.79. The van der Waals surface area contributed by atoms with Crippen LogP contribution in [-0.2, 0) is 6.18 Å². The molecule has 0 amide bonds. The smallest absolute Gasteiger partial charge is 0.433 e. The lowest BCUT2D eigenvalue weighted by Crippen LogP contribution is -2.25. The van der Waals surface area contributed by atoms with Gasteiger partial charge in [0.05, 0.1) is 0 Å². The van der Waals surface area contributed by atoms with Crippen molar-refractivity contribution in [1.82, 2.24) is 4.98 Å². The van der Waals surface area contributed by atoms with Crippen molar-refractivity contribution in [1.29, 1.82) is 0 Å². The Labute approximate surface area is 120 Å².